The molecule has 0 unspecified atom stereocenters. The second kappa shape index (κ2) is 7.31. The molecule has 112 valence electrons. The van der Waals surface area contributed by atoms with Crippen molar-refractivity contribution >= 4 is 45.7 Å². The molecule has 0 saturated carbocycles. The highest BCUT2D eigenvalue weighted by molar-refractivity contribution is 9.09. The molecule has 2 rings (SSSR count). The van der Waals surface area contributed by atoms with Gasteiger partial charge >= 0.3 is 18.0 Å². The standard InChI is InChI=1S/C12H17BrN2O4S/c13-5-10(17)19-9(16)4-2-1-3-8-11-7(6-20-8)14-12(18)15-11/h7-8,11H,1-6H2,(H2,14,15,18)/t7-,8-,11-/m0/s1. The van der Waals surface area contributed by atoms with Crippen molar-refractivity contribution in [1.29, 1.82) is 0 Å². The Morgan fingerprint density at radius 3 is 2.85 bits per heavy atom. The van der Waals surface area contributed by atoms with Crippen molar-refractivity contribution in [1.82, 2.24) is 10.6 Å². The lowest BCUT2D eigenvalue weighted by atomic mass is 10.0. The van der Waals surface area contributed by atoms with E-state index in [1.807, 2.05) is 11.8 Å². The third-order valence-corrected chi connectivity index (χ3v) is 5.36. The van der Waals surface area contributed by atoms with Crippen LogP contribution in [0.5, 0.6) is 0 Å². The molecule has 2 amide bonds. The highest BCUT2D eigenvalue weighted by Gasteiger charge is 2.42. The molecule has 2 aliphatic rings. The number of hydrogen-bond acceptors (Lipinski definition) is 5. The maximum atomic E-state index is 11.3. The Balaban J connectivity index is 1.61. The van der Waals surface area contributed by atoms with Gasteiger partial charge in [-0.05, 0) is 12.8 Å². The Bertz CT molecular complexity index is 407. The van der Waals surface area contributed by atoms with Crippen LogP contribution in [-0.2, 0) is 14.3 Å². The molecular formula is C12H17BrN2O4S. The quantitative estimate of drug-likeness (QED) is 0.243. The number of rotatable bonds is 6. The molecule has 2 fully saturated rings. The minimum Gasteiger partial charge on any atom is -0.393 e. The number of unbranched alkanes of at least 4 members (excludes halogenated alkanes) is 1. The molecule has 8 heteroatoms. The zero-order chi connectivity index (χ0) is 14.5. The number of carbonyl (C=O) groups excluding carboxylic acids is 3. The summed E-state index contributed by atoms with van der Waals surface area (Å²) in [7, 11) is 0. The summed E-state index contributed by atoms with van der Waals surface area (Å²) in [5, 5.41) is 6.27. The third-order valence-electron chi connectivity index (χ3n) is 3.39. The first-order valence-corrected chi connectivity index (χ1v) is 8.75. The number of carbonyl (C=O) groups is 3. The van der Waals surface area contributed by atoms with Crippen LogP contribution in [-0.4, -0.2) is 46.4 Å². The number of esters is 2. The number of thioether (sulfide) groups is 1. The number of ether oxygens (including phenoxy) is 1. The van der Waals surface area contributed by atoms with E-state index in [1.54, 1.807) is 0 Å². The highest BCUT2D eigenvalue weighted by atomic mass is 79.9. The lowest BCUT2D eigenvalue weighted by molar-refractivity contribution is -0.157. The first-order chi connectivity index (χ1) is 9.60. The van der Waals surface area contributed by atoms with E-state index in [1.165, 1.54) is 0 Å². The first-order valence-electron chi connectivity index (χ1n) is 6.58. The Hall–Kier alpha value is -0.760. The molecule has 0 bridgehead atoms. The van der Waals surface area contributed by atoms with Crippen molar-refractivity contribution in [2.75, 3.05) is 11.1 Å². The van der Waals surface area contributed by atoms with Gasteiger partial charge in [0, 0.05) is 17.4 Å². The molecule has 0 spiro atoms. The summed E-state index contributed by atoms with van der Waals surface area (Å²) in [6.07, 6.45) is 2.79. The monoisotopic (exact) mass is 364 g/mol. The smallest absolute Gasteiger partial charge is 0.324 e. The third kappa shape index (κ3) is 4.12. The van der Waals surface area contributed by atoms with Crippen molar-refractivity contribution in [3.63, 3.8) is 0 Å². The molecule has 20 heavy (non-hydrogen) atoms. The van der Waals surface area contributed by atoms with Crippen LogP contribution in [0.3, 0.4) is 0 Å². The predicted octanol–water partition coefficient (Wildman–Crippen LogP) is 1.18. The highest BCUT2D eigenvalue weighted by Crippen LogP contribution is 2.33. The summed E-state index contributed by atoms with van der Waals surface area (Å²) < 4.78 is 4.56. The fourth-order valence-electron chi connectivity index (χ4n) is 2.46. The van der Waals surface area contributed by atoms with Gasteiger partial charge in [-0.2, -0.15) is 11.8 Å². The number of halogens is 1. The van der Waals surface area contributed by atoms with E-state index >= 15 is 0 Å². The summed E-state index contributed by atoms with van der Waals surface area (Å²) in [5.41, 5.74) is 0. The average molecular weight is 365 g/mol. The van der Waals surface area contributed by atoms with Crippen LogP contribution in [0.1, 0.15) is 25.7 Å². The fraction of sp³-hybridized carbons (Fsp3) is 0.750. The lowest BCUT2D eigenvalue weighted by Gasteiger charge is -2.16. The molecule has 0 aromatic rings. The maximum Gasteiger partial charge on any atom is 0.324 e. The molecular weight excluding hydrogens is 348 g/mol. The van der Waals surface area contributed by atoms with Gasteiger partial charge in [0.05, 0.1) is 12.1 Å². The normalized spacial score (nSPS) is 27.6. The number of fused-ring (bicyclic) bond motifs is 1. The molecule has 2 N–H and O–H groups in total. The van der Waals surface area contributed by atoms with E-state index in [2.05, 4.69) is 31.3 Å². The van der Waals surface area contributed by atoms with E-state index in [-0.39, 0.29) is 29.9 Å². The van der Waals surface area contributed by atoms with Gasteiger partial charge in [-0.15, -0.1) is 0 Å². The second-order valence-corrected chi connectivity index (χ2v) is 6.68. The molecule has 2 aliphatic heterocycles. The van der Waals surface area contributed by atoms with Crippen molar-refractivity contribution in [3.05, 3.63) is 0 Å². The van der Waals surface area contributed by atoms with E-state index in [0.717, 1.165) is 18.6 Å². The number of amides is 2. The van der Waals surface area contributed by atoms with Crippen LogP contribution >= 0.6 is 27.7 Å². The van der Waals surface area contributed by atoms with Gasteiger partial charge in [0.15, 0.2) is 0 Å². The van der Waals surface area contributed by atoms with Crippen LogP contribution in [0.25, 0.3) is 0 Å². The van der Waals surface area contributed by atoms with Gasteiger partial charge in [0.1, 0.15) is 5.33 Å². The first kappa shape index (κ1) is 15.6. The van der Waals surface area contributed by atoms with Crippen molar-refractivity contribution in [3.8, 4) is 0 Å². The summed E-state index contributed by atoms with van der Waals surface area (Å²) in [6, 6.07) is 0.357. The van der Waals surface area contributed by atoms with E-state index in [0.29, 0.717) is 11.7 Å². The van der Waals surface area contributed by atoms with Gasteiger partial charge in [-0.25, -0.2) is 4.79 Å². The minimum absolute atomic E-state index is 0.0349. The summed E-state index contributed by atoms with van der Waals surface area (Å²) in [5.74, 6) is -0.0817. The Morgan fingerprint density at radius 2 is 2.10 bits per heavy atom. The summed E-state index contributed by atoms with van der Waals surface area (Å²) >= 11 is 4.79. The molecule has 2 saturated heterocycles. The van der Waals surface area contributed by atoms with Crippen LogP contribution in [0.2, 0.25) is 0 Å². The van der Waals surface area contributed by atoms with Crippen LogP contribution in [0.15, 0.2) is 0 Å². The molecule has 0 radical (unpaired) electrons. The minimum atomic E-state index is -0.552. The molecule has 0 aliphatic carbocycles. The number of alkyl halides is 1. The predicted molar refractivity (Wildman–Crippen MR) is 78.9 cm³/mol. The molecule has 3 atom stereocenters. The van der Waals surface area contributed by atoms with Crippen molar-refractivity contribution < 1.29 is 19.1 Å². The van der Waals surface area contributed by atoms with Crippen molar-refractivity contribution in [2.45, 2.75) is 43.0 Å². The van der Waals surface area contributed by atoms with Crippen molar-refractivity contribution in [2.24, 2.45) is 0 Å². The molecule has 0 aromatic heterocycles. The molecule has 2 heterocycles. The Morgan fingerprint density at radius 1 is 1.30 bits per heavy atom. The maximum absolute atomic E-state index is 11.3. The van der Waals surface area contributed by atoms with Gasteiger partial charge in [-0.1, -0.05) is 22.4 Å². The number of nitrogens with one attached hydrogen (secondary N) is 2. The van der Waals surface area contributed by atoms with Crippen LogP contribution in [0.4, 0.5) is 4.79 Å². The Labute approximate surface area is 129 Å². The molecule has 0 aromatic carbocycles. The topological polar surface area (TPSA) is 84.5 Å². The van der Waals surface area contributed by atoms with E-state index < -0.39 is 11.9 Å². The largest absolute Gasteiger partial charge is 0.393 e. The van der Waals surface area contributed by atoms with Gasteiger partial charge in [0.2, 0.25) is 0 Å². The second-order valence-electron chi connectivity index (χ2n) is 4.85. The van der Waals surface area contributed by atoms with E-state index in [9.17, 15) is 14.4 Å². The van der Waals surface area contributed by atoms with E-state index in [4.69, 9.17) is 0 Å². The number of urea groups is 1. The lowest BCUT2D eigenvalue weighted by Crippen LogP contribution is -2.36. The van der Waals surface area contributed by atoms with Crippen LogP contribution < -0.4 is 10.6 Å². The van der Waals surface area contributed by atoms with Gasteiger partial charge < -0.3 is 15.4 Å². The summed E-state index contributed by atoms with van der Waals surface area (Å²) in [6.45, 7) is 0. The zero-order valence-corrected chi connectivity index (χ0v) is 13.3. The fourth-order valence-corrected chi connectivity index (χ4v) is 4.12. The van der Waals surface area contributed by atoms with Crippen LogP contribution in [0, 0.1) is 0 Å². The zero-order valence-electron chi connectivity index (χ0n) is 10.9. The SMILES string of the molecule is O=C1N[C@H]2[C@H](CS[C@H]2CCCCC(=O)OC(=O)CBr)N1. The Kier molecular flexibility index (Phi) is 5.71. The number of hydrogen-bond donors (Lipinski definition) is 2. The van der Waals surface area contributed by atoms with Gasteiger partial charge in [0.25, 0.3) is 0 Å². The summed E-state index contributed by atoms with van der Waals surface area (Å²) in [4.78, 5) is 33.4. The molecule has 6 nitrogen and oxygen atoms in total. The average Bonchev–Trinajstić information content (AvgIpc) is 2.94. The van der Waals surface area contributed by atoms with Gasteiger partial charge in [-0.3, -0.25) is 9.59 Å².